The van der Waals surface area contributed by atoms with E-state index < -0.39 is 9.84 Å². The molecule has 0 aromatic heterocycles. The highest BCUT2D eigenvalue weighted by Crippen LogP contribution is 2.21. The van der Waals surface area contributed by atoms with Gasteiger partial charge in [-0.3, -0.25) is 4.79 Å². The summed E-state index contributed by atoms with van der Waals surface area (Å²) in [5.74, 6) is -0.341. The maximum atomic E-state index is 12.2. The molecule has 110 valence electrons. The predicted molar refractivity (Wildman–Crippen MR) is 86.6 cm³/mol. The topological polar surface area (TPSA) is 63.2 Å². The molecule has 0 radical (unpaired) electrons. The van der Waals surface area contributed by atoms with Crippen LogP contribution in [0.4, 0.5) is 5.69 Å². The highest BCUT2D eigenvalue weighted by Gasteiger charge is 2.15. The molecule has 1 amide bonds. The Balaban J connectivity index is 2.27. The molecule has 0 bridgehead atoms. The molecule has 0 saturated heterocycles. The smallest absolute Gasteiger partial charge is 0.255 e. The molecule has 0 spiro atoms. The highest BCUT2D eigenvalue weighted by atomic mass is 79.9. The molecule has 2 aromatic rings. The first-order valence-electron chi connectivity index (χ1n) is 6.17. The first-order valence-corrected chi connectivity index (χ1v) is 9.18. The van der Waals surface area contributed by atoms with E-state index in [9.17, 15) is 13.2 Å². The van der Waals surface area contributed by atoms with Crippen molar-refractivity contribution >= 4 is 37.4 Å². The quantitative estimate of drug-likeness (QED) is 0.843. The van der Waals surface area contributed by atoms with Crippen molar-refractivity contribution in [3.8, 4) is 0 Å². The summed E-state index contributed by atoms with van der Waals surface area (Å²) < 4.78 is 23.4. The molecule has 0 fully saturated rings. The molecule has 6 heteroatoms. The van der Waals surface area contributed by atoms with Crippen molar-refractivity contribution in [1.82, 2.24) is 0 Å². The Morgan fingerprint density at radius 1 is 1.10 bits per heavy atom. The molecule has 0 aliphatic rings. The van der Waals surface area contributed by atoms with Gasteiger partial charge in [0.1, 0.15) is 0 Å². The van der Waals surface area contributed by atoms with Crippen LogP contribution in [0, 0.1) is 0 Å². The van der Waals surface area contributed by atoms with Gasteiger partial charge in [-0.25, -0.2) is 8.42 Å². The third kappa shape index (κ3) is 3.92. The second kappa shape index (κ2) is 6.41. The van der Waals surface area contributed by atoms with E-state index in [2.05, 4.69) is 21.2 Å². The fraction of sp³-hybridized carbons (Fsp3) is 0.133. The molecule has 1 N–H and O–H groups in total. The lowest BCUT2D eigenvalue weighted by atomic mass is 10.1. The fourth-order valence-electron chi connectivity index (χ4n) is 1.83. The Labute approximate surface area is 132 Å². The maximum Gasteiger partial charge on any atom is 0.255 e. The molecule has 21 heavy (non-hydrogen) atoms. The molecule has 0 heterocycles. The lowest BCUT2D eigenvalue weighted by Crippen LogP contribution is -2.14. The van der Waals surface area contributed by atoms with Crippen LogP contribution in [0.5, 0.6) is 0 Å². The van der Waals surface area contributed by atoms with Crippen molar-refractivity contribution < 1.29 is 13.2 Å². The summed E-state index contributed by atoms with van der Waals surface area (Å²) in [4.78, 5) is 12.3. The third-order valence-corrected chi connectivity index (χ3v) is 4.71. The van der Waals surface area contributed by atoms with Crippen molar-refractivity contribution in [1.29, 1.82) is 0 Å². The van der Waals surface area contributed by atoms with Crippen molar-refractivity contribution in [3.63, 3.8) is 0 Å². The van der Waals surface area contributed by atoms with Gasteiger partial charge in [0, 0.05) is 17.1 Å². The van der Waals surface area contributed by atoms with Gasteiger partial charge in [-0.1, -0.05) is 40.2 Å². The van der Waals surface area contributed by atoms with Crippen LogP contribution in [-0.2, 0) is 15.2 Å². The lowest BCUT2D eigenvalue weighted by molar-refractivity contribution is 0.102. The zero-order valence-corrected chi connectivity index (χ0v) is 13.7. The number of halogens is 1. The van der Waals surface area contributed by atoms with Crippen LogP contribution < -0.4 is 5.32 Å². The van der Waals surface area contributed by atoms with Crippen LogP contribution in [-0.4, -0.2) is 20.6 Å². The number of para-hydroxylation sites is 1. The van der Waals surface area contributed by atoms with E-state index in [0.29, 0.717) is 10.9 Å². The largest absolute Gasteiger partial charge is 0.321 e. The van der Waals surface area contributed by atoms with Crippen molar-refractivity contribution in [3.05, 3.63) is 59.7 Å². The molecule has 0 aliphatic heterocycles. The Morgan fingerprint density at radius 2 is 1.71 bits per heavy atom. The Bertz CT molecular complexity index is 755. The second-order valence-electron chi connectivity index (χ2n) is 4.55. The van der Waals surface area contributed by atoms with E-state index in [0.717, 1.165) is 11.8 Å². The molecule has 0 atom stereocenters. The summed E-state index contributed by atoms with van der Waals surface area (Å²) in [6.45, 7) is 0. The Morgan fingerprint density at radius 3 is 2.29 bits per heavy atom. The molecular formula is C15H14BrNO3S. The number of hydrogen-bond donors (Lipinski definition) is 1. The Hall–Kier alpha value is -1.66. The van der Waals surface area contributed by atoms with Crippen LogP contribution in [0.3, 0.4) is 0 Å². The van der Waals surface area contributed by atoms with Crippen LogP contribution in [0.15, 0.2) is 53.4 Å². The van der Waals surface area contributed by atoms with Crippen LogP contribution in [0.25, 0.3) is 0 Å². The molecule has 2 aromatic carbocycles. The van der Waals surface area contributed by atoms with Gasteiger partial charge in [-0.05, 0) is 29.8 Å². The van der Waals surface area contributed by atoms with Gasteiger partial charge in [0.2, 0.25) is 0 Å². The average molecular weight is 368 g/mol. The van der Waals surface area contributed by atoms with Crippen molar-refractivity contribution in [2.75, 3.05) is 11.6 Å². The Kier molecular flexibility index (Phi) is 4.80. The van der Waals surface area contributed by atoms with Gasteiger partial charge in [0.15, 0.2) is 9.84 Å². The maximum absolute atomic E-state index is 12.2. The van der Waals surface area contributed by atoms with E-state index in [4.69, 9.17) is 0 Å². The SMILES string of the molecule is CS(=O)(=O)c1ccccc1NC(=O)c1ccc(CBr)cc1. The number of amides is 1. The number of nitrogens with one attached hydrogen (secondary N) is 1. The minimum Gasteiger partial charge on any atom is -0.321 e. The summed E-state index contributed by atoms with van der Waals surface area (Å²) in [5, 5.41) is 3.36. The average Bonchev–Trinajstić information content (AvgIpc) is 2.47. The summed E-state index contributed by atoms with van der Waals surface area (Å²) in [5.41, 5.74) is 1.82. The van der Waals surface area contributed by atoms with Gasteiger partial charge in [-0.2, -0.15) is 0 Å². The van der Waals surface area contributed by atoms with Crippen molar-refractivity contribution in [2.24, 2.45) is 0 Å². The molecule has 4 nitrogen and oxygen atoms in total. The van der Waals surface area contributed by atoms with Gasteiger partial charge in [-0.15, -0.1) is 0 Å². The number of alkyl halides is 1. The van der Waals surface area contributed by atoms with E-state index in [-0.39, 0.29) is 16.5 Å². The highest BCUT2D eigenvalue weighted by molar-refractivity contribution is 9.08. The standard InChI is InChI=1S/C15H14BrNO3S/c1-21(19,20)14-5-3-2-4-13(14)17-15(18)12-8-6-11(10-16)7-9-12/h2-9H,10H2,1H3,(H,17,18). The number of anilines is 1. The number of sulfone groups is 1. The summed E-state index contributed by atoms with van der Waals surface area (Å²) in [6, 6.07) is 13.4. The fourth-order valence-corrected chi connectivity index (χ4v) is 3.05. The van der Waals surface area contributed by atoms with Gasteiger partial charge >= 0.3 is 0 Å². The van der Waals surface area contributed by atoms with E-state index >= 15 is 0 Å². The first-order chi connectivity index (χ1) is 9.91. The predicted octanol–water partition coefficient (Wildman–Crippen LogP) is 3.24. The van der Waals surface area contributed by atoms with E-state index in [1.54, 1.807) is 30.3 Å². The summed E-state index contributed by atoms with van der Waals surface area (Å²) in [6.07, 6.45) is 1.11. The summed E-state index contributed by atoms with van der Waals surface area (Å²) in [7, 11) is -3.39. The monoisotopic (exact) mass is 367 g/mol. The number of benzene rings is 2. The third-order valence-electron chi connectivity index (χ3n) is 2.91. The lowest BCUT2D eigenvalue weighted by Gasteiger charge is -2.10. The van der Waals surface area contributed by atoms with Crippen molar-refractivity contribution in [2.45, 2.75) is 10.2 Å². The molecular weight excluding hydrogens is 354 g/mol. The van der Waals surface area contributed by atoms with E-state index in [1.165, 1.54) is 6.07 Å². The van der Waals surface area contributed by atoms with Gasteiger partial charge < -0.3 is 5.32 Å². The van der Waals surface area contributed by atoms with E-state index in [1.807, 2.05) is 12.1 Å². The molecule has 0 unspecified atom stereocenters. The number of rotatable bonds is 4. The minimum atomic E-state index is -3.39. The van der Waals surface area contributed by atoms with Gasteiger partial charge in [0.25, 0.3) is 5.91 Å². The van der Waals surface area contributed by atoms with Gasteiger partial charge in [0.05, 0.1) is 10.6 Å². The zero-order chi connectivity index (χ0) is 15.5. The second-order valence-corrected chi connectivity index (χ2v) is 7.10. The molecule has 0 aliphatic carbocycles. The number of carbonyl (C=O) groups excluding carboxylic acids is 1. The number of carbonyl (C=O) groups is 1. The van der Waals surface area contributed by atoms with Crippen LogP contribution in [0.2, 0.25) is 0 Å². The van der Waals surface area contributed by atoms with Crippen LogP contribution in [0.1, 0.15) is 15.9 Å². The number of hydrogen-bond acceptors (Lipinski definition) is 3. The minimum absolute atomic E-state index is 0.107. The first kappa shape index (κ1) is 15.7. The molecule has 0 saturated carbocycles. The molecule has 2 rings (SSSR count). The zero-order valence-electron chi connectivity index (χ0n) is 11.3. The normalized spacial score (nSPS) is 11.1. The summed E-state index contributed by atoms with van der Waals surface area (Å²) >= 11 is 3.34. The van der Waals surface area contributed by atoms with Crippen LogP contribution >= 0.6 is 15.9 Å².